The Morgan fingerprint density at radius 1 is 0.679 bits per heavy atom. The van der Waals surface area contributed by atoms with Gasteiger partial charge in [0.25, 0.3) is 0 Å². The van der Waals surface area contributed by atoms with Crippen LogP contribution in [0.4, 0.5) is 11.8 Å². The highest BCUT2D eigenvalue weighted by atomic mass is 15.0. The monoisotopic (exact) mass is 366 g/mol. The van der Waals surface area contributed by atoms with Gasteiger partial charge in [-0.05, 0) is 30.0 Å². The lowest BCUT2D eigenvalue weighted by atomic mass is 9.97. The Balaban J connectivity index is 1.70. The van der Waals surface area contributed by atoms with Gasteiger partial charge in [-0.15, -0.1) is 0 Å². The SMILES string of the molecule is Cc1ccc(Cc2ccc(-c3c(N)nc(N)nc3-c3ccccc3)cc2)cc1. The molecule has 138 valence electrons. The van der Waals surface area contributed by atoms with E-state index in [1.54, 1.807) is 0 Å². The highest BCUT2D eigenvalue weighted by molar-refractivity contribution is 5.88. The summed E-state index contributed by atoms with van der Waals surface area (Å²) in [6.45, 7) is 2.10. The molecule has 0 spiro atoms. The number of anilines is 2. The number of hydrogen-bond acceptors (Lipinski definition) is 4. The Labute approximate surface area is 164 Å². The lowest BCUT2D eigenvalue weighted by Gasteiger charge is -2.13. The van der Waals surface area contributed by atoms with E-state index in [9.17, 15) is 0 Å². The van der Waals surface area contributed by atoms with E-state index in [-0.39, 0.29) is 5.95 Å². The Morgan fingerprint density at radius 2 is 1.29 bits per heavy atom. The van der Waals surface area contributed by atoms with E-state index < -0.39 is 0 Å². The van der Waals surface area contributed by atoms with Crippen LogP contribution in [0.2, 0.25) is 0 Å². The summed E-state index contributed by atoms with van der Waals surface area (Å²) in [6.07, 6.45) is 0.889. The van der Waals surface area contributed by atoms with Gasteiger partial charge >= 0.3 is 0 Å². The fourth-order valence-corrected chi connectivity index (χ4v) is 3.32. The van der Waals surface area contributed by atoms with Gasteiger partial charge in [0.2, 0.25) is 5.95 Å². The number of nitrogens with zero attached hydrogens (tertiary/aromatic N) is 2. The maximum absolute atomic E-state index is 6.24. The van der Waals surface area contributed by atoms with Crippen LogP contribution in [0, 0.1) is 6.92 Å². The number of aromatic nitrogens is 2. The molecule has 4 nitrogen and oxygen atoms in total. The molecule has 4 N–H and O–H groups in total. The van der Waals surface area contributed by atoms with Gasteiger partial charge in [-0.25, -0.2) is 4.98 Å². The van der Waals surface area contributed by atoms with Gasteiger partial charge in [-0.2, -0.15) is 4.98 Å². The van der Waals surface area contributed by atoms with Crippen molar-refractivity contribution in [1.82, 2.24) is 9.97 Å². The minimum Gasteiger partial charge on any atom is -0.383 e. The fourth-order valence-electron chi connectivity index (χ4n) is 3.32. The molecule has 4 heteroatoms. The molecule has 0 unspecified atom stereocenters. The molecule has 1 heterocycles. The second-order valence-electron chi connectivity index (χ2n) is 6.92. The van der Waals surface area contributed by atoms with Crippen molar-refractivity contribution >= 4 is 11.8 Å². The van der Waals surface area contributed by atoms with Crippen molar-refractivity contribution in [2.24, 2.45) is 0 Å². The van der Waals surface area contributed by atoms with E-state index >= 15 is 0 Å². The lowest BCUT2D eigenvalue weighted by Crippen LogP contribution is -2.04. The van der Waals surface area contributed by atoms with Crippen molar-refractivity contribution in [3.8, 4) is 22.4 Å². The van der Waals surface area contributed by atoms with Gasteiger partial charge < -0.3 is 11.5 Å². The van der Waals surface area contributed by atoms with Gasteiger partial charge in [-0.1, -0.05) is 84.4 Å². The molecule has 0 bridgehead atoms. The third-order valence-corrected chi connectivity index (χ3v) is 4.77. The highest BCUT2D eigenvalue weighted by Crippen LogP contribution is 2.35. The van der Waals surface area contributed by atoms with Crippen LogP contribution in [0.5, 0.6) is 0 Å². The molecule has 0 saturated carbocycles. The van der Waals surface area contributed by atoms with Crippen molar-refractivity contribution in [2.45, 2.75) is 13.3 Å². The molecule has 4 rings (SSSR count). The summed E-state index contributed by atoms with van der Waals surface area (Å²) in [4.78, 5) is 8.64. The van der Waals surface area contributed by atoms with Crippen LogP contribution in [0.3, 0.4) is 0 Å². The van der Waals surface area contributed by atoms with Crippen molar-refractivity contribution in [3.63, 3.8) is 0 Å². The number of aryl methyl sites for hydroxylation is 1. The van der Waals surface area contributed by atoms with Crippen LogP contribution in [0.1, 0.15) is 16.7 Å². The molecule has 28 heavy (non-hydrogen) atoms. The largest absolute Gasteiger partial charge is 0.383 e. The topological polar surface area (TPSA) is 77.8 Å². The van der Waals surface area contributed by atoms with Crippen molar-refractivity contribution in [1.29, 1.82) is 0 Å². The molecule has 0 aliphatic carbocycles. The van der Waals surface area contributed by atoms with Crippen LogP contribution in [-0.2, 0) is 6.42 Å². The standard InChI is InChI=1S/C24H22N4/c1-16-7-9-17(10-8-16)15-18-11-13-19(14-12-18)21-22(20-5-3-2-4-6-20)27-24(26)28-23(21)25/h2-14H,15H2,1H3,(H4,25,26,27,28). The molecule has 4 aromatic rings. The molecule has 1 aromatic heterocycles. The Hall–Kier alpha value is -3.66. The third-order valence-electron chi connectivity index (χ3n) is 4.77. The first-order chi connectivity index (χ1) is 13.6. The van der Waals surface area contributed by atoms with Crippen molar-refractivity contribution in [3.05, 3.63) is 95.6 Å². The average molecular weight is 366 g/mol. The summed E-state index contributed by atoms with van der Waals surface area (Å²) in [7, 11) is 0. The van der Waals surface area contributed by atoms with Gasteiger partial charge in [0, 0.05) is 5.56 Å². The van der Waals surface area contributed by atoms with Crippen LogP contribution in [0.25, 0.3) is 22.4 Å². The Morgan fingerprint density at radius 3 is 1.93 bits per heavy atom. The molecule has 0 aliphatic rings. The zero-order chi connectivity index (χ0) is 19.5. The number of benzene rings is 3. The first kappa shape index (κ1) is 17.7. The van der Waals surface area contributed by atoms with Crippen LogP contribution in [0.15, 0.2) is 78.9 Å². The highest BCUT2D eigenvalue weighted by Gasteiger charge is 2.15. The first-order valence-electron chi connectivity index (χ1n) is 9.23. The summed E-state index contributed by atoms with van der Waals surface area (Å²) in [5.41, 5.74) is 19.4. The average Bonchev–Trinajstić information content (AvgIpc) is 2.71. The van der Waals surface area contributed by atoms with Gasteiger partial charge in [0.15, 0.2) is 0 Å². The number of rotatable bonds is 4. The normalized spacial score (nSPS) is 10.8. The zero-order valence-corrected chi connectivity index (χ0v) is 15.8. The summed E-state index contributed by atoms with van der Waals surface area (Å²) >= 11 is 0. The quantitative estimate of drug-likeness (QED) is 0.540. The van der Waals surface area contributed by atoms with Crippen LogP contribution < -0.4 is 11.5 Å². The summed E-state index contributed by atoms with van der Waals surface area (Å²) < 4.78 is 0. The summed E-state index contributed by atoms with van der Waals surface area (Å²) in [5.74, 6) is 0.564. The summed E-state index contributed by atoms with van der Waals surface area (Å²) in [5, 5.41) is 0. The molecule has 0 fully saturated rings. The molecule has 0 atom stereocenters. The van der Waals surface area contributed by atoms with Crippen LogP contribution >= 0.6 is 0 Å². The van der Waals surface area contributed by atoms with Crippen LogP contribution in [-0.4, -0.2) is 9.97 Å². The maximum Gasteiger partial charge on any atom is 0.222 e. The second kappa shape index (κ2) is 7.53. The number of nitrogens with two attached hydrogens (primary N) is 2. The van der Waals surface area contributed by atoms with Gasteiger partial charge in [0.05, 0.1) is 11.3 Å². The lowest BCUT2D eigenvalue weighted by molar-refractivity contribution is 1.18. The van der Waals surface area contributed by atoms with E-state index in [0.29, 0.717) is 5.82 Å². The van der Waals surface area contributed by atoms with Crippen molar-refractivity contribution < 1.29 is 0 Å². The van der Waals surface area contributed by atoms with Gasteiger partial charge in [0.1, 0.15) is 5.82 Å². The predicted molar refractivity (Wildman–Crippen MR) is 116 cm³/mol. The van der Waals surface area contributed by atoms with Gasteiger partial charge in [-0.3, -0.25) is 0 Å². The van der Waals surface area contributed by atoms with Crippen molar-refractivity contribution in [2.75, 3.05) is 11.5 Å². The molecule has 0 saturated heterocycles. The Kier molecular flexibility index (Phi) is 4.77. The molecule has 0 radical (unpaired) electrons. The van der Waals surface area contributed by atoms with E-state index in [1.165, 1.54) is 16.7 Å². The molecule has 0 aliphatic heterocycles. The number of nitrogen functional groups attached to an aromatic ring is 2. The third kappa shape index (κ3) is 3.71. The smallest absolute Gasteiger partial charge is 0.222 e. The Bertz CT molecular complexity index is 1090. The second-order valence-corrected chi connectivity index (χ2v) is 6.92. The summed E-state index contributed by atoms with van der Waals surface area (Å²) in [6, 6.07) is 26.9. The van der Waals surface area contributed by atoms with E-state index in [0.717, 1.165) is 28.8 Å². The minimum atomic E-state index is 0.177. The minimum absolute atomic E-state index is 0.177. The number of hydrogen-bond donors (Lipinski definition) is 2. The molecule has 0 amide bonds. The van der Waals surface area contributed by atoms with E-state index in [1.807, 2.05) is 30.3 Å². The maximum atomic E-state index is 6.24. The predicted octanol–water partition coefficient (Wildman–Crippen LogP) is 4.87. The zero-order valence-electron chi connectivity index (χ0n) is 15.8. The molecular weight excluding hydrogens is 344 g/mol. The molecular formula is C24H22N4. The first-order valence-corrected chi connectivity index (χ1v) is 9.23. The van der Waals surface area contributed by atoms with E-state index in [2.05, 4.69) is 65.4 Å². The van der Waals surface area contributed by atoms with E-state index in [4.69, 9.17) is 11.5 Å². The molecule has 3 aromatic carbocycles. The fraction of sp³-hybridized carbons (Fsp3) is 0.0833.